The van der Waals surface area contributed by atoms with E-state index < -0.39 is 17.2 Å². The first-order valence-electron chi connectivity index (χ1n) is 8.55. The summed E-state index contributed by atoms with van der Waals surface area (Å²) in [5.74, 6) is 0.0333. The van der Waals surface area contributed by atoms with Gasteiger partial charge in [-0.15, -0.1) is 0 Å². The fraction of sp³-hybridized carbons (Fsp3) is 0.278. The predicted octanol–water partition coefficient (Wildman–Crippen LogP) is 0.595. The van der Waals surface area contributed by atoms with Crippen molar-refractivity contribution < 1.29 is 14.7 Å². The number of anilines is 1. The van der Waals surface area contributed by atoms with Gasteiger partial charge in [-0.05, 0) is 18.9 Å². The van der Waals surface area contributed by atoms with Crippen LogP contribution >= 0.6 is 0 Å². The SMILES string of the molecule is CC1(C(=O)NCc2ccc(C(=N)N)cc2)CCc2ncc(NC(=O)O)c(=O)n21. The number of hydrogen-bond acceptors (Lipinski definition) is 5. The Labute approximate surface area is 159 Å². The Kier molecular flexibility index (Phi) is 4.87. The van der Waals surface area contributed by atoms with Crippen LogP contribution < -0.4 is 21.9 Å². The molecule has 1 aliphatic heterocycles. The van der Waals surface area contributed by atoms with E-state index in [1.807, 2.05) is 5.32 Å². The highest BCUT2D eigenvalue weighted by Gasteiger charge is 2.42. The van der Waals surface area contributed by atoms with E-state index in [9.17, 15) is 14.4 Å². The molecule has 0 fully saturated rings. The average Bonchev–Trinajstić information content (AvgIpc) is 3.01. The van der Waals surface area contributed by atoms with E-state index in [1.165, 1.54) is 10.8 Å². The fourth-order valence-electron chi connectivity index (χ4n) is 3.23. The van der Waals surface area contributed by atoms with Gasteiger partial charge in [-0.2, -0.15) is 0 Å². The maximum Gasteiger partial charge on any atom is 0.409 e. The monoisotopic (exact) mass is 384 g/mol. The summed E-state index contributed by atoms with van der Waals surface area (Å²) in [5, 5.41) is 21.1. The van der Waals surface area contributed by atoms with Gasteiger partial charge in [0, 0.05) is 18.5 Å². The fourth-order valence-corrected chi connectivity index (χ4v) is 3.23. The molecule has 1 aromatic heterocycles. The van der Waals surface area contributed by atoms with Crippen molar-refractivity contribution in [1.29, 1.82) is 5.41 Å². The van der Waals surface area contributed by atoms with Crippen molar-refractivity contribution in [2.45, 2.75) is 31.8 Å². The molecule has 3 rings (SSSR count). The molecule has 2 heterocycles. The van der Waals surface area contributed by atoms with Gasteiger partial charge in [0.15, 0.2) is 0 Å². The van der Waals surface area contributed by atoms with Crippen LogP contribution in [0.25, 0.3) is 0 Å². The van der Waals surface area contributed by atoms with Crippen LogP contribution in [0.3, 0.4) is 0 Å². The lowest BCUT2D eigenvalue weighted by molar-refractivity contribution is -0.129. The van der Waals surface area contributed by atoms with Crippen LogP contribution in [0.4, 0.5) is 10.5 Å². The Hall–Kier alpha value is -3.69. The quantitative estimate of drug-likeness (QED) is 0.374. The minimum atomic E-state index is -1.38. The molecule has 0 saturated carbocycles. The Bertz CT molecular complexity index is 1010. The number of nitrogens with one attached hydrogen (secondary N) is 3. The maximum atomic E-state index is 12.9. The van der Waals surface area contributed by atoms with Gasteiger partial charge in [-0.1, -0.05) is 24.3 Å². The highest BCUT2D eigenvalue weighted by atomic mass is 16.4. The van der Waals surface area contributed by atoms with E-state index in [1.54, 1.807) is 31.2 Å². The Morgan fingerprint density at radius 2 is 2.04 bits per heavy atom. The smallest absolute Gasteiger partial charge is 0.409 e. The van der Waals surface area contributed by atoms with E-state index in [4.69, 9.17) is 16.2 Å². The molecule has 2 amide bonds. The molecule has 0 bridgehead atoms. The summed E-state index contributed by atoms with van der Waals surface area (Å²) in [4.78, 5) is 40.5. The number of carbonyl (C=O) groups is 2. The second-order valence-corrected chi connectivity index (χ2v) is 6.73. The van der Waals surface area contributed by atoms with Crippen molar-refractivity contribution in [3.63, 3.8) is 0 Å². The molecule has 1 aromatic carbocycles. The number of amidine groups is 1. The number of nitrogen functional groups attached to an aromatic ring is 1. The van der Waals surface area contributed by atoms with Gasteiger partial charge in [0.2, 0.25) is 5.91 Å². The van der Waals surface area contributed by atoms with Crippen molar-refractivity contribution in [3.05, 3.63) is 57.8 Å². The van der Waals surface area contributed by atoms with Gasteiger partial charge < -0.3 is 16.2 Å². The number of nitrogens with zero attached hydrogens (tertiary/aromatic N) is 2. The molecule has 1 unspecified atom stereocenters. The third-order valence-corrected chi connectivity index (χ3v) is 4.81. The van der Waals surface area contributed by atoms with E-state index in [-0.39, 0.29) is 24.0 Å². The summed E-state index contributed by atoms with van der Waals surface area (Å²) in [7, 11) is 0. The zero-order chi connectivity index (χ0) is 20.5. The molecular formula is C18H20N6O4. The highest BCUT2D eigenvalue weighted by molar-refractivity contribution is 5.94. The Balaban J connectivity index is 1.81. The summed E-state index contributed by atoms with van der Waals surface area (Å²) in [6, 6.07) is 6.89. The molecule has 6 N–H and O–H groups in total. The molecule has 0 spiro atoms. The number of nitrogens with two attached hydrogens (primary N) is 1. The molecule has 1 aliphatic rings. The Morgan fingerprint density at radius 1 is 1.36 bits per heavy atom. The summed E-state index contributed by atoms with van der Waals surface area (Å²) >= 11 is 0. The molecular weight excluding hydrogens is 364 g/mol. The summed E-state index contributed by atoms with van der Waals surface area (Å²) < 4.78 is 1.26. The molecule has 28 heavy (non-hydrogen) atoms. The molecule has 2 aromatic rings. The number of rotatable bonds is 5. The number of hydrogen-bond donors (Lipinski definition) is 5. The molecule has 1 atom stereocenters. The van der Waals surface area contributed by atoms with Crippen LogP contribution in [0.1, 0.15) is 30.3 Å². The van der Waals surface area contributed by atoms with E-state index in [2.05, 4.69) is 10.3 Å². The topological polar surface area (TPSA) is 163 Å². The van der Waals surface area contributed by atoms with Gasteiger partial charge in [0.1, 0.15) is 22.9 Å². The number of carbonyl (C=O) groups excluding carboxylic acids is 1. The first-order chi connectivity index (χ1) is 13.2. The standard InChI is InChI=1S/C18H20N6O4/c1-18(16(26)22-8-10-2-4-11(5-3-10)14(19)20)7-6-13-21-9-12(23-17(27)28)15(25)24(13)18/h2-5,9,23H,6-8H2,1H3,(H3,19,20)(H,22,26)(H,27,28). The van der Waals surface area contributed by atoms with Gasteiger partial charge in [-0.3, -0.25) is 24.9 Å². The van der Waals surface area contributed by atoms with E-state index >= 15 is 0 Å². The number of amides is 2. The number of fused-ring (bicyclic) bond motifs is 1. The van der Waals surface area contributed by atoms with Crippen molar-refractivity contribution in [2.75, 3.05) is 5.32 Å². The third-order valence-electron chi connectivity index (χ3n) is 4.81. The van der Waals surface area contributed by atoms with Crippen LogP contribution in [0.15, 0.2) is 35.3 Å². The summed E-state index contributed by atoms with van der Waals surface area (Å²) in [5.41, 5.74) is 4.85. The second-order valence-electron chi connectivity index (χ2n) is 6.73. The molecule has 10 nitrogen and oxygen atoms in total. The van der Waals surface area contributed by atoms with Gasteiger partial charge in [-0.25, -0.2) is 9.78 Å². The summed E-state index contributed by atoms with van der Waals surface area (Å²) in [6.45, 7) is 1.86. The molecule has 10 heteroatoms. The number of aromatic nitrogens is 2. The normalized spacial score (nSPS) is 17.6. The average molecular weight is 384 g/mol. The first kappa shape index (κ1) is 19.1. The van der Waals surface area contributed by atoms with Crippen molar-refractivity contribution in [2.24, 2.45) is 5.73 Å². The lowest BCUT2D eigenvalue weighted by Crippen LogP contribution is -2.49. The van der Waals surface area contributed by atoms with E-state index in [0.29, 0.717) is 24.2 Å². The van der Waals surface area contributed by atoms with Crippen LogP contribution in [-0.4, -0.2) is 32.5 Å². The number of carboxylic acid groups (broad SMARTS) is 1. The van der Waals surface area contributed by atoms with Gasteiger partial charge >= 0.3 is 6.09 Å². The zero-order valence-electron chi connectivity index (χ0n) is 15.2. The van der Waals surface area contributed by atoms with Crippen molar-refractivity contribution in [3.8, 4) is 0 Å². The predicted molar refractivity (Wildman–Crippen MR) is 101 cm³/mol. The van der Waals surface area contributed by atoms with Gasteiger partial charge in [0.25, 0.3) is 5.56 Å². The zero-order valence-corrected chi connectivity index (χ0v) is 15.2. The van der Waals surface area contributed by atoms with Crippen LogP contribution in [-0.2, 0) is 23.3 Å². The summed E-state index contributed by atoms with van der Waals surface area (Å²) in [6.07, 6.45) is 0.598. The van der Waals surface area contributed by atoms with Crippen LogP contribution in [0.2, 0.25) is 0 Å². The number of aryl methyl sites for hydroxylation is 1. The van der Waals surface area contributed by atoms with Crippen LogP contribution in [0.5, 0.6) is 0 Å². The molecule has 0 saturated heterocycles. The minimum Gasteiger partial charge on any atom is -0.465 e. The second kappa shape index (κ2) is 7.14. The lowest BCUT2D eigenvalue weighted by atomic mass is 9.98. The Morgan fingerprint density at radius 3 is 2.64 bits per heavy atom. The number of benzene rings is 1. The molecule has 0 radical (unpaired) electrons. The minimum absolute atomic E-state index is 0.0386. The van der Waals surface area contributed by atoms with Crippen molar-refractivity contribution >= 4 is 23.5 Å². The molecule has 146 valence electrons. The maximum absolute atomic E-state index is 12.9. The van der Waals surface area contributed by atoms with Crippen LogP contribution in [0, 0.1) is 5.41 Å². The lowest BCUT2D eigenvalue weighted by Gasteiger charge is -2.26. The van der Waals surface area contributed by atoms with Gasteiger partial charge in [0.05, 0.1) is 6.20 Å². The highest BCUT2D eigenvalue weighted by Crippen LogP contribution is 2.30. The molecule has 0 aliphatic carbocycles. The largest absolute Gasteiger partial charge is 0.465 e. The van der Waals surface area contributed by atoms with Crippen molar-refractivity contribution in [1.82, 2.24) is 14.9 Å². The van der Waals surface area contributed by atoms with E-state index in [0.717, 1.165) is 5.56 Å². The third kappa shape index (κ3) is 3.43. The first-order valence-corrected chi connectivity index (χ1v) is 8.55.